The molecule has 1 saturated heterocycles. The summed E-state index contributed by atoms with van der Waals surface area (Å²) in [5.74, 6) is 0. The molecule has 1 aromatic rings. The van der Waals surface area contributed by atoms with Gasteiger partial charge in [-0.1, -0.05) is 0 Å². The molecule has 2 amide bonds. The van der Waals surface area contributed by atoms with E-state index in [-0.39, 0.29) is 5.69 Å². The molecule has 0 aliphatic carbocycles. The number of anilines is 2. The summed E-state index contributed by atoms with van der Waals surface area (Å²) in [6.45, 7) is 13.0. The van der Waals surface area contributed by atoms with Crippen LogP contribution in [-0.4, -0.2) is 41.2 Å². The minimum Gasteiger partial charge on any atom is -0.465 e. The lowest BCUT2D eigenvalue weighted by atomic mass is 9.78. The van der Waals surface area contributed by atoms with E-state index in [0.29, 0.717) is 11.2 Å². The molecule has 2 rings (SSSR count). The molecule has 1 aromatic carbocycles. The van der Waals surface area contributed by atoms with Crippen LogP contribution in [0.1, 0.15) is 48.5 Å². The van der Waals surface area contributed by atoms with Crippen molar-refractivity contribution < 1.29 is 28.7 Å². The van der Waals surface area contributed by atoms with Gasteiger partial charge >= 0.3 is 19.3 Å². The first kappa shape index (κ1) is 21.0. The largest absolute Gasteiger partial charge is 0.494 e. The van der Waals surface area contributed by atoms with Crippen LogP contribution in [0.2, 0.25) is 0 Å². The van der Waals surface area contributed by atoms with Gasteiger partial charge in [-0.25, -0.2) is 9.59 Å². The Labute approximate surface area is 159 Å². The van der Waals surface area contributed by atoms with Crippen LogP contribution in [0.4, 0.5) is 21.0 Å². The average molecular weight is 378 g/mol. The Morgan fingerprint density at radius 3 is 1.93 bits per heavy atom. The summed E-state index contributed by atoms with van der Waals surface area (Å²) in [7, 11) is -0.704. The molecule has 1 aliphatic heterocycles. The zero-order chi connectivity index (χ0) is 20.6. The van der Waals surface area contributed by atoms with E-state index in [1.165, 1.54) is 6.07 Å². The Morgan fingerprint density at radius 1 is 1.00 bits per heavy atom. The van der Waals surface area contributed by atoms with Gasteiger partial charge < -0.3 is 19.2 Å². The van der Waals surface area contributed by atoms with Crippen LogP contribution >= 0.6 is 0 Å². The number of carbonyl (C=O) groups is 2. The third kappa shape index (κ3) is 5.37. The topological polar surface area (TPSA) is 106 Å². The molecule has 1 aliphatic rings. The van der Waals surface area contributed by atoms with Gasteiger partial charge in [-0.2, -0.15) is 0 Å². The standard InChI is InChI=1S/C18H27BN2O6/c1-16(2,3)25-15(24)21-13-9-11(8-12(10-13)20-14(22)23)19-26-17(4,5)18(6,7)27-19/h8-10,20H,1-7H3,(H,21,24)(H,22,23). The molecule has 148 valence electrons. The lowest BCUT2D eigenvalue weighted by Gasteiger charge is -2.32. The van der Waals surface area contributed by atoms with Gasteiger partial charge in [0.15, 0.2) is 0 Å². The van der Waals surface area contributed by atoms with Crippen molar-refractivity contribution in [3.63, 3.8) is 0 Å². The Hall–Kier alpha value is -2.26. The van der Waals surface area contributed by atoms with Crippen LogP contribution in [0.15, 0.2) is 18.2 Å². The molecular weight excluding hydrogens is 351 g/mol. The minimum atomic E-state index is -1.22. The first-order valence-corrected chi connectivity index (χ1v) is 8.69. The number of carbonyl (C=O) groups excluding carboxylic acids is 1. The average Bonchev–Trinajstić information content (AvgIpc) is 2.64. The van der Waals surface area contributed by atoms with Crippen LogP contribution in [0, 0.1) is 0 Å². The van der Waals surface area contributed by atoms with E-state index >= 15 is 0 Å². The zero-order valence-electron chi connectivity index (χ0n) is 16.8. The van der Waals surface area contributed by atoms with Crippen LogP contribution in [0.25, 0.3) is 0 Å². The molecule has 9 heteroatoms. The first-order valence-electron chi connectivity index (χ1n) is 8.69. The van der Waals surface area contributed by atoms with Crippen molar-refractivity contribution in [3.05, 3.63) is 18.2 Å². The van der Waals surface area contributed by atoms with Crippen LogP contribution < -0.4 is 16.1 Å². The number of ether oxygens (including phenoxy) is 1. The molecule has 1 fully saturated rings. The highest BCUT2D eigenvalue weighted by Gasteiger charge is 2.51. The Bertz CT molecular complexity index is 726. The molecule has 27 heavy (non-hydrogen) atoms. The highest BCUT2D eigenvalue weighted by Crippen LogP contribution is 2.36. The van der Waals surface area contributed by atoms with E-state index in [1.54, 1.807) is 32.9 Å². The number of rotatable bonds is 3. The Balaban J connectivity index is 2.32. The Morgan fingerprint density at radius 2 is 1.48 bits per heavy atom. The predicted molar refractivity (Wildman–Crippen MR) is 104 cm³/mol. The first-order chi connectivity index (χ1) is 12.2. The molecule has 3 N–H and O–H groups in total. The smallest absolute Gasteiger partial charge is 0.465 e. The van der Waals surface area contributed by atoms with Crippen LogP contribution in [0.5, 0.6) is 0 Å². The minimum absolute atomic E-state index is 0.278. The number of nitrogens with one attached hydrogen (secondary N) is 2. The summed E-state index contributed by atoms with van der Waals surface area (Å²) in [4.78, 5) is 23.1. The maximum atomic E-state index is 12.1. The van der Waals surface area contributed by atoms with Crippen molar-refractivity contribution in [3.8, 4) is 0 Å². The van der Waals surface area contributed by atoms with Crippen molar-refractivity contribution in [2.45, 2.75) is 65.3 Å². The van der Waals surface area contributed by atoms with E-state index in [2.05, 4.69) is 10.6 Å². The van der Waals surface area contributed by atoms with Gasteiger partial charge in [0.1, 0.15) is 5.60 Å². The highest BCUT2D eigenvalue weighted by molar-refractivity contribution is 6.62. The molecule has 0 atom stereocenters. The van der Waals surface area contributed by atoms with Gasteiger partial charge in [0.25, 0.3) is 0 Å². The van der Waals surface area contributed by atoms with E-state index in [1.807, 2.05) is 27.7 Å². The summed E-state index contributed by atoms with van der Waals surface area (Å²) >= 11 is 0. The second-order valence-electron chi connectivity index (χ2n) is 8.49. The summed E-state index contributed by atoms with van der Waals surface area (Å²) in [6, 6.07) is 4.77. The monoisotopic (exact) mass is 378 g/mol. The third-order valence-electron chi connectivity index (χ3n) is 4.38. The Kier molecular flexibility index (Phi) is 5.50. The fourth-order valence-electron chi connectivity index (χ4n) is 2.46. The van der Waals surface area contributed by atoms with Crippen molar-refractivity contribution in [1.29, 1.82) is 0 Å². The van der Waals surface area contributed by atoms with Crippen LogP contribution in [-0.2, 0) is 14.0 Å². The van der Waals surface area contributed by atoms with Crippen molar-refractivity contribution in [1.82, 2.24) is 0 Å². The quantitative estimate of drug-likeness (QED) is 0.696. The molecule has 1 heterocycles. The molecule has 0 aromatic heterocycles. The number of carboxylic acid groups (broad SMARTS) is 1. The molecule has 0 radical (unpaired) electrons. The highest BCUT2D eigenvalue weighted by atomic mass is 16.7. The normalized spacial score (nSPS) is 18.1. The lowest BCUT2D eigenvalue weighted by molar-refractivity contribution is 0.00578. The summed E-state index contributed by atoms with van der Waals surface area (Å²) in [5, 5.41) is 13.9. The SMILES string of the molecule is CC(C)(C)OC(=O)Nc1cc(NC(=O)O)cc(B2OC(C)(C)C(C)(C)O2)c1. The maximum absolute atomic E-state index is 12.1. The molecule has 0 saturated carbocycles. The number of hydrogen-bond donors (Lipinski definition) is 3. The van der Waals surface area contributed by atoms with Crippen molar-refractivity contribution in [2.75, 3.05) is 10.6 Å². The second-order valence-corrected chi connectivity index (χ2v) is 8.49. The number of benzene rings is 1. The van der Waals surface area contributed by atoms with Gasteiger partial charge in [0, 0.05) is 11.4 Å². The fourth-order valence-corrected chi connectivity index (χ4v) is 2.46. The predicted octanol–water partition coefficient (Wildman–Crippen LogP) is 3.42. The van der Waals surface area contributed by atoms with Crippen LogP contribution in [0.3, 0.4) is 0 Å². The van der Waals surface area contributed by atoms with Gasteiger partial charge in [-0.15, -0.1) is 0 Å². The summed E-state index contributed by atoms with van der Waals surface area (Å²) < 4.78 is 17.3. The summed E-state index contributed by atoms with van der Waals surface area (Å²) in [6.07, 6.45) is -1.86. The van der Waals surface area contributed by atoms with Gasteiger partial charge in [-0.05, 0) is 72.1 Å². The van der Waals surface area contributed by atoms with Gasteiger partial charge in [0.05, 0.1) is 11.2 Å². The van der Waals surface area contributed by atoms with E-state index in [9.17, 15) is 9.59 Å². The summed E-state index contributed by atoms with van der Waals surface area (Å²) in [5.41, 5.74) is -0.540. The zero-order valence-corrected chi connectivity index (χ0v) is 16.8. The fraction of sp³-hybridized carbons (Fsp3) is 0.556. The molecule has 8 nitrogen and oxygen atoms in total. The van der Waals surface area contributed by atoms with Gasteiger partial charge in [0.2, 0.25) is 0 Å². The van der Waals surface area contributed by atoms with Crippen molar-refractivity contribution >= 4 is 36.1 Å². The van der Waals surface area contributed by atoms with Crippen molar-refractivity contribution in [2.24, 2.45) is 0 Å². The lowest BCUT2D eigenvalue weighted by Crippen LogP contribution is -2.41. The number of amides is 2. The number of hydrogen-bond acceptors (Lipinski definition) is 5. The van der Waals surface area contributed by atoms with Gasteiger partial charge in [-0.3, -0.25) is 10.6 Å². The molecular formula is C18H27BN2O6. The third-order valence-corrected chi connectivity index (χ3v) is 4.38. The molecule has 0 spiro atoms. The molecule has 0 unspecified atom stereocenters. The molecule has 0 bridgehead atoms. The van der Waals surface area contributed by atoms with E-state index < -0.39 is 36.1 Å². The maximum Gasteiger partial charge on any atom is 0.494 e. The van der Waals surface area contributed by atoms with E-state index in [0.717, 1.165) is 0 Å². The second kappa shape index (κ2) is 7.05. The van der Waals surface area contributed by atoms with E-state index in [4.69, 9.17) is 19.2 Å².